The van der Waals surface area contributed by atoms with Crippen molar-refractivity contribution in [1.29, 1.82) is 0 Å². The quantitative estimate of drug-likeness (QED) is 0.659. The fourth-order valence-electron chi connectivity index (χ4n) is 1.70. The average molecular weight is 353 g/mol. The molecular formula is C13H13BrN4O3. The molecule has 1 aromatic carbocycles. The molecule has 0 unspecified atom stereocenters. The number of hydrogen-bond donors (Lipinski definition) is 4. The Hall–Kier alpha value is -2.35. The maximum Gasteiger partial charge on any atom is 0.326 e. The molecular weight excluding hydrogens is 340 g/mol. The van der Waals surface area contributed by atoms with Crippen molar-refractivity contribution in [2.75, 3.05) is 5.32 Å². The van der Waals surface area contributed by atoms with E-state index in [1.807, 2.05) is 6.07 Å². The van der Waals surface area contributed by atoms with Gasteiger partial charge in [-0.05, 0) is 28.1 Å². The number of nitrogens with one attached hydrogen (secondary N) is 3. The summed E-state index contributed by atoms with van der Waals surface area (Å²) in [6.07, 6.45) is 3.09. The van der Waals surface area contributed by atoms with E-state index in [2.05, 4.69) is 36.5 Å². The number of carboxylic acids is 1. The maximum atomic E-state index is 11.9. The van der Waals surface area contributed by atoms with Gasteiger partial charge in [-0.1, -0.05) is 12.1 Å². The number of imidazole rings is 1. The summed E-state index contributed by atoms with van der Waals surface area (Å²) < 4.78 is 0.709. The highest BCUT2D eigenvalue weighted by Crippen LogP contribution is 2.20. The van der Waals surface area contributed by atoms with Crippen LogP contribution < -0.4 is 10.6 Å². The van der Waals surface area contributed by atoms with Crippen molar-refractivity contribution in [3.05, 3.63) is 47.0 Å². The summed E-state index contributed by atoms with van der Waals surface area (Å²) in [5.74, 6) is -1.12. The fraction of sp³-hybridized carbons (Fsp3) is 0.154. The van der Waals surface area contributed by atoms with Crippen LogP contribution in [-0.2, 0) is 11.2 Å². The number of hydrogen-bond acceptors (Lipinski definition) is 3. The highest BCUT2D eigenvalue weighted by atomic mass is 79.9. The summed E-state index contributed by atoms with van der Waals surface area (Å²) in [5, 5.41) is 14.2. The summed E-state index contributed by atoms with van der Waals surface area (Å²) in [7, 11) is 0. The lowest BCUT2D eigenvalue weighted by Crippen LogP contribution is -2.44. The van der Waals surface area contributed by atoms with Crippen LogP contribution in [-0.4, -0.2) is 33.1 Å². The lowest BCUT2D eigenvalue weighted by atomic mass is 10.2. The van der Waals surface area contributed by atoms with Crippen molar-refractivity contribution in [2.45, 2.75) is 12.5 Å². The minimum Gasteiger partial charge on any atom is -0.480 e. The number of aliphatic carboxylic acids is 1. The molecule has 21 heavy (non-hydrogen) atoms. The van der Waals surface area contributed by atoms with E-state index in [-0.39, 0.29) is 6.42 Å². The predicted molar refractivity (Wildman–Crippen MR) is 80.0 cm³/mol. The third-order valence-corrected chi connectivity index (χ3v) is 3.40. The third-order valence-electron chi connectivity index (χ3n) is 2.70. The molecule has 1 aromatic heterocycles. The van der Waals surface area contributed by atoms with E-state index in [0.717, 1.165) is 0 Å². The highest BCUT2D eigenvalue weighted by Gasteiger charge is 2.21. The number of carbonyl (C=O) groups is 2. The largest absolute Gasteiger partial charge is 0.480 e. The SMILES string of the molecule is O=C(Nc1ccccc1Br)N[C@@H](Cc1cnc[nH]1)C(=O)O. The molecule has 0 aliphatic rings. The highest BCUT2D eigenvalue weighted by molar-refractivity contribution is 9.10. The van der Waals surface area contributed by atoms with Crippen LogP contribution in [0, 0.1) is 0 Å². The molecule has 1 heterocycles. The van der Waals surface area contributed by atoms with E-state index in [0.29, 0.717) is 15.9 Å². The zero-order valence-electron chi connectivity index (χ0n) is 10.8. The van der Waals surface area contributed by atoms with Crippen molar-refractivity contribution in [1.82, 2.24) is 15.3 Å². The second-order valence-electron chi connectivity index (χ2n) is 4.25. The Morgan fingerprint density at radius 3 is 2.76 bits per heavy atom. The van der Waals surface area contributed by atoms with E-state index < -0.39 is 18.0 Å². The minimum atomic E-state index is -1.12. The molecule has 0 fully saturated rings. The molecule has 1 atom stereocenters. The number of aromatic amines is 1. The molecule has 2 aromatic rings. The Labute approximate surface area is 128 Å². The molecule has 2 amide bonds. The van der Waals surface area contributed by atoms with Crippen LogP contribution in [0.15, 0.2) is 41.3 Å². The lowest BCUT2D eigenvalue weighted by molar-refractivity contribution is -0.139. The molecule has 0 radical (unpaired) electrons. The second kappa shape index (κ2) is 6.89. The number of nitrogens with zero attached hydrogens (tertiary/aromatic N) is 1. The summed E-state index contributed by atoms with van der Waals surface area (Å²) in [6.45, 7) is 0. The number of carbonyl (C=O) groups excluding carboxylic acids is 1. The van der Waals surface area contributed by atoms with E-state index in [1.54, 1.807) is 18.2 Å². The van der Waals surface area contributed by atoms with Crippen molar-refractivity contribution >= 4 is 33.6 Å². The molecule has 2 rings (SSSR count). The van der Waals surface area contributed by atoms with Gasteiger partial charge in [-0.3, -0.25) is 0 Å². The number of amides is 2. The first-order valence-electron chi connectivity index (χ1n) is 6.08. The van der Waals surface area contributed by atoms with Gasteiger partial charge in [-0.15, -0.1) is 0 Å². The summed E-state index contributed by atoms with van der Waals surface area (Å²) in [6, 6.07) is 5.41. The van der Waals surface area contributed by atoms with Gasteiger partial charge in [0, 0.05) is 22.8 Å². The van der Waals surface area contributed by atoms with E-state index >= 15 is 0 Å². The fourth-order valence-corrected chi connectivity index (χ4v) is 2.08. The first kappa shape index (κ1) is 15.0. The molecule has 4 N–H and O–H groups in total. The van der Waals surface area contributed by atoms with Gasteiger partial charge >= 0.3 is 12.0 Å². The number of urea groups is 1. The summed E-state index contributed by atoms with van der Waals surface area (Å²) >= 11 is 3.30. The predicted octanol–water partition coefficient (Wildman–Crippen LogP) is 1.99. The molecule has 0 saturated heterocycles. The number of anilines is 1. The molecule has 0 spiro atoms. The number of aromatic nitrogens is 2. The van der Waals surface area contributed by atoms with Crippen molar-refractivity contribution in [3.63, 3.8) is 0 Å². The normalized spacial score (nSPS) is 11.7. The maximum absolute atomic E-state index is 11.9. The van der Waals surface area contributed by atoms with E-state index in [4.69, 9.17) is 5.11 Å². The topological polar surface area (TPSA) is 107 Å². The minimum absolute atomic E-state index is 0.124. The van der Waals surface area contributed by atoms with Crippen LogP contribution in [0.4, 0.5) is 10.5 Å². The third kappa shape index (κ3) is 4.32. The Balaban J connectivity index is 1.98. The van der Waals surface area contributed by atoms with Gasteiger partial charge in [0.05, 0.1) is 12.0 Å². The van der Waals surface area contributed by atoms with Gasteiger partial charge in [-0.2, -0.15) is 0 Å². The van der Waals surface area contributed by atoms with Crippen LogP contribution >= 0.6 is 15.9 Å². The van der Waals surface area contributed by atoms with Gasteiger partial charge in [0.25, 0.3) is 0 Å². The van der Waals surface area contributed by atoms with Gasteiger partial charge in [0.15, 0.2) is 0 Å². The number of halogens is 1. The molecule has 0 aliphatic carbocycles. The second-order valence-corrected chi connectivity index (χ2v) is 5.10. The zero-order valence-corrected chi connectivity index (χ0v) is 12.4. The standard InChI is InChI=1S/C13H13BrN4O3/c14-9-3-1-2-4-10(9)17-13(21)18-11(12(19)20)5-8-6-15-7-16-8/h1-4,6-7,11H,5H2,(H,15,16)(H,19,20)(H2,17,18,21)/t11-/m0/s1. The zero-order chi connectivity index (χ0) is 15.2. The molecule has 0 saturated carbocycles. The Morgan fingerprint density at radius 1 is 1.38 bits per heavy atom. The van der Waals surface area contributed by atoms with Crippen LogP contribution in [0.3, 0.4) is 0 Å². The number of benzene rings is 1. The Morgan fingerprint density at radius 2 is 2.14 bits per heavy atom. The molecule has 8 heteroatoms. The smallest absolute Gasteiger partial charge is 0.326 e. The number of para-hydroxylation sites is 1. The Kier molecular flexibility index (Phi) is 4.94. The number of H-pyrrole nitrogens is 1. The van der Waals surface area contributed by atoms with Crippen LogP contribution in [0.25, 0.3) is 0 Å². The van der Waals surface area contributed by atoms with Gasteiger partial charge in [0.2, 0.25) is 0 Å². The van der Waals surface area contributed by atoms with E-state index in [9.17, 15) is 9.59 Å². The van der Waals surface area contributed by atoms with Gasteiger partial charge in [-0.25, -0.2) is 14.6 Å². The van der Waals surface area contributed by atoms with Gasteiger partial charge in [0.1, 0.15) is 6.04 Å². The molecule has 0 aliphatic heterocycles. The summed E-state index contributed by atoms with van der Waals surface area (Å²) in [5.41, 5.74) is 1.18. The average Bonchev–Trinajstić information content (AvgIpc) is 2.93. The summed E-state index contributed by atoms with van der Waals surface area (Å²) in [4.78, 5) is 29.7. The first-order valence-corrected chi connectivity index (χ1v) is 6.87. The first-order chi connectivity index (χ1) is 10.1. The van der Waals surface area contributed by atoms with Crippen molar-refractivity contribution in [3.8, 4) is 0 Å². The number of rotatable bonds is 5. The lowest BCUT2D eigenvalue weighted by Gasteiger charge is -2.15. The van der Waals surface area contributed by atoms with Crippen LogP contribution in [0.2, 0.25) is 0 Å². The van der Waals surface area contributed by atoms with Gasteiger partial charge < -0.3 is 20.7 Å². The van der Waals surface area contributed by atoms with E-state index in [1.165, 1.54) is 12.5 Å². The Bertz CT molecular complexity index is 630. The van der Waals surface area contributed by atoms with Crippen molar-refractivity contribution in [2.24, 2.45) is 0 Å². The van der Waals surface area contributed by atoms with Crippen LogP contribution in [0.1, 0.15) is 5.69 Å². The molecule has 7 nitrogen and oxygen atoms in total. The molecule has 110 valence electrons. The molecule has 0 bridgehead atoms. The number of carboxylic acid groups (broad SMARTS) is 1. The monoisotopic (exact) mass is 352 g/mol. The van der Waals surface area contributed by atoms with Crippen LogP contribution in [0.5, 0.6) is 0 Å². The van der Waals surface area contributed by atoms with Crippen molar-refractivity contribution < 1.29 is 14.7 Å².